The summed E-state index contributed by atoms with van der Waals surface area (Å²) in [5, 5.41) is 1.66. The van der Waals surface area contributed by atoms with Gasteiger partial charge in [-0.05, 0) is 17.9 Å². The molecule has 1 amide bonds. The number of sulfonamides is 1. The minimum absolute atomic E-state index is 0.190. The molecular weight excluding hydrogens is 248 g/mol. The molecule has 90 valence electrons. The maximum absolute atomic E-state index is 11.8. The molecule has 0 aliphatic heterocycles. The molecule has 0 saturated heterocycles. The van der Waals surface area contributed by atoms with E-state index < -0.39 is 22.0 Å². The van der Waals surface area contributed by atoms with Gasteiger partial charge >= 0.3 is 0 Å². The summed E-state index contributed by atoms with van der Waals surface area (Å²) in [6.07, 6.45) is 1.08. The third kappa shape index (κ3) is 3.29. The molecular formula is C9H14N2O3S2. The summed E-state index contributed by atoms with van der Waals surface area (Å²) in [5.41, 5.74) is 5.12. The zero-order valence-electron chi connectivity index (χ0n) is 8.84. The molecule has 0 bridgehead atoms. The Hall–Kier alpha value is -0.920. The van der Waals surface area contributed by atoms with E-state index in [2.05, 4.69) is 4.72 Å². The topological polar surface area (TPSA) is 89.3 Å². The zero-order chi connectivity index (χ0) is 12.2. The molecule has 0 saturated carbocycles. The van der Waals surface area contributed by atoms with Crippen molar-refractivity contribution in [2.45, 2.75) is 30.0 Å². The second-order valence-corrected chi connectivity index (χ2v) is 6.19. The van der Waals surface area contributed by atoms with Gasteiger partial charge < -0.3 is 5.73 Å². The Morgan fingerprint density at radius 3 is 2.75 bits per heavy atom. The highest BCUT2D eigenvalue weighted by Gasteiger charge is 2.23. The summed E-state index contributed by atoms with van der Waals surface area (Å²) in [4.78, 5) is 11.0. The maximum Gasteiger partial charge on any atom is 0.250 e. The second-order valence-electron chi connectivity index (χ2n) is 3.30. The Balaban J connectivity index is 2.82. The van der Waals surface area contributed by atoms with Gasteiger partial charge in [-0.15, -0.1) is 11.3 Å². The minimum atomic E-state index is -3.62. The number of amides is 1. The lowest BCUT2D eigenvalue weighted by Gasteiger charge is -2.13. The van der Waals surface area contributed by atoms with E-state index in [0.717, 1.165) is 11.3 Å². The van der Waals surface area contributed by atoms with Crippen molar-refractivity contribution in [1.29, 1.82) is 0 Å². The molecule has 1 aromatic heterocycles. The summed E-state index contributed by atoms with van der Waals surface area (Å²) in [5.74, 6) is -0.651. The van der Waals surface area contributed by atoms with Crippen LogP contribution in [0.2, 0.25) is 0 Å². The van der Waals surface area contributed by atoms with Crippen molar-refractivity contribution in [3.05, 3.63) is 17.5 Å². The first-order chi connectivity index (χ1) is 7.47. The van der Waals surface area contributed by atoms with E-state index in [1.54, 1.807) is 11.4 Å². The van der Waals surface area contributed by atoms with E-state index in [4.69, 9.17) is 5.73 Å². The van der Waals surface area contributed by atoms with Gasteiger partial charge in [-0.2, -0.15) is 4.72 Å². The average molecular weight is 262 g/mol. The fourth-order valence-electron chi connectivity index (χ4n) is 1.21. The van der Waals surface area contributed by atoms with Gasteiger partial charge in [0.15, 0.2) is 0 Å². The Labute approximate surface area is 98.7 Å². The molecule has 0 aliphatic rings. The summed E-state index contributed by atoms with van der Waals surface area (Å²) in [7, 11) is -3.62. The standard InChI is InChI=1S/C9H14N2O3S2/c1-2-4-7(9(10)12)11-16(13,14)8-5-3-6-15-8/h3,5-7,11H,2,4H2,1H3,(H2,10,12). The zero-order valence-corrected chi connectivity index (χ0v) is 10.5. The first kappa shape index (κ1) is 13.1. The van der Waals surface area contributed by atoms with E-state index in [9.17, 15) is 13.2 Å². The van der Waals surface area contributed by atoms with Crippen molar-refractivity contribution >= 4 is 27.3 Å². The van der Waals surface area contributed by atoms with Crippen molar-refractivity contribution in [3.63, 3.8) is 0 Å². The summed E-state index contributed by atoms with van der Waals surface area (Å²) < 4.78 is 26.0. The fraction of sp³-hybridized carbons (Fsp3) is 0.444. The van der Waals surface area contributed by atoms with Gasteiger partial charge in [-0.3, -0.25) is 4.79 Å². The van der Waals surface area contributed by atoms with Crippen LogP contribution in [0.25, 0.3) is 0 Å². The molecule has 1 aromatic rings. The number of rotatable bonds is 6. The van der Waals surface area contributed by atoms with Gasteiger partial charge in [-0.1, -0.05) is 19.4 Å². The number of nitrogens with one attached hydrogen (secondary N) is 1. The lowest BCUT2D eigenvalue weighted by atomic mass is 10.2. The van der Waals surface area contributed by atoms with Gasteiger partial charge in [-0.25, -0.2) is 8.42 Å². The molecule has 0 fully saturated rings. The number of carbonyl (C=O) groups excluding carboxylic acids is 1. The lowest BCUT2D eigenvalue weighted by Crippen LogP contribution is -2.43. The Morgan fingerprint density at radius 2 is 2.31 bits per heavy atom. The van der Waals surface area contributed by atoms with E-state index in [1.807, 2.05) is 6.92 Å². The number of primary amides is 1. The van der Waals surface area contributed by atoms with Crippen LogP contribution in [-0.4, -0.2) is 20.4 Å². The second kappa shape index (κ2) is 5.42. The smallest absolute Gasteiger partial charge is 0.250 e. The monoisotopic (exact) mass is 262 g/mol. The first-order valence-electron chi connectivity index (χ1n) is 4.82. The first-order valence-corrected chi connectivity index (χ1v) is 7.19. The molecule has 1 unspecified atom stereocenters. The molecule has 0 aromatic carbocycles. The van der Waals surface area contributed by atoms with Crippen molar-refractivity contribution in [2.24, 2.45) is 5.73 Å². The summed E-state index contributed by atoms with van der Waals surface area (Å²) >= 11 is 1.10. The van der Waals surface area contributed by atoms with E-state index >= 15 is 0 Å². The largest absolute Gasteiger partial charge is 0.368 e. The van der Waals surface area contributed by atoms with E-state index in [0.29, 0.717) is 12.8 Å². The SMILES string of the molecule is CCCC(NS(=O)(=O)c1cccs1)C(N)=O. The van der Waals surface area contributed by atoms with Gasteiger partial charge in [0.05, 0.1) is 0 Å². The van der Waals surface area contributed by atoms with E-state index in [-0.39, 0.29) is 4.21 Å². The van der Waals surface area contributed by atoms with Crippen LogP contribution >= 0.6 is 11.3 Å². The van der Waals surface area contributed by atoms with Crippen LogP contribution in [0.3, 0.4) is 0 Å². The third-order valence-electron chi connectivity index (χ3n) is 1.98. The highest BCUT2D eigenvalue weighted by molar-refractivity contribution is 7.91. The highest BCUT2D eigenvalue weighted by Crippen LogP contribution is 2.16. The summed E-state index contributed by atoms with van der Waals surface area (Å²) in [6.45, 7) is 1.86. The highest BCUT2D eigenvalue weighted by atomic mass is 32.2. The number of thiophene rings is 1. The molecule has 3 N–H and O–H groups in total. The van der Waals surface area contributed by atoms with Crippen LogP contribution in [0, 0.1) is 0 Å². The predicted molar refractivity (Wildman–Crippen MR) is 62.5 cm³/mol. The van der Waals surface area contributed by atoms with Gasteiger partial charge in [0.25, 0.3) is 10.0 Å². The molecule has 1 rings (SSSR count). The Kier molecular flexibility index (Phi) is 4.45. The van der Waals surface area contributed by atoms with Gasteiger partial charge in [0, 0.05) is 0 Å². The maximum atomic E-state index is 11.8. The number of hydrogen-bond acceptors (Lipinski definition) is 4. The third-order valence-corrected chi connectivity index (χ3v) is 4.85. The normalized spacial score (nSPS) is 13.6. The molecule has 0 spiro atoms. The summed E-state index contributed by atoms with van der Waals surface area (Å²) in [6, 6.07) is 2.28. The molecule has 0 aliphatic carbocycles. The lowest BCUT2D eigenvalue weighted by molar-refractivity contribution is -0.119. The number of carbonyl (C=O) groups is 1. The van der Waals surface area contributed by atoms with Crippen LogP contribution in [0.4, 0.5) is 0 Å². The molecule has 5 nitrogen and oxygen atoms in total. The van der Waals surface area contributed by atoms with Crippen molar-refractivity contribution < 1.29 is 13.2 Å². The minimum Gasteiger partial charge on any atom is -0.368 e. The molecule has 1 heterocycles. The predicted octanol–water partition coefficient (Wildman–Crippen LogP) is 0.680. The Morgan fingerprint density at radius 1 is 1.62 bits per heavy atom. The molecule has 0 radical (unpaired) electrons. The van der Waals surface area contributed by atoms with Crippen molar-refractivity contribution in [1.82, 2.24) is 4.72 Å². The van der Waals surface area contributed by atoms with Crippen molar-refractivity contribution in [3.8, 4) is 0 Å². The van der Waals surface area contributed by atoms with Crippen LogP contribution in [0.5, 0.6) is 0 Å². The van der Waals surface area contributed by atoms with Crippen LogP contribution in [0.1, 0.15) is 19.8 Å². The fourth-order valence-corrected chi connectivity index (χ4v) is 3.46. The van der Waals surface area contributed by atoms with Gasteiger partial charge in [0.2, 0.25) is 5.91 Å². The van der Waals surface area contributed by atoms with Crippen molar-refractivity contribution in [2.75, 3.05) is 0 Å². The van der Waals surface area contributed by atoms with Crippen LogP contribution < -0.4 is 10.5 Å². The molecule has 7 heteroatoms. The number of nitrogens with two attached hydrogens (primary N) is 1. The van der Waals surface area contributed by atoms with Crippen LogP contribution in [0.15, 0.2) is 21.7 Å². The molecule has 16 heavy (non-hydrogen) atoms. The van der Waals surface area contributed by atoms with Gasteiger partial charge in [0.1, 0.15) is 10.3 Å². The van der Waals surface area contributed by atoms with Crippen LogP contribution in [-0.2, 0) is 14.8 Å². The Bertz CT molecular complexity index is 439. The molecule has 1 atom stereocenters. The van der Waals surface area contributed by atoms with E-state index in [1.165, 1.54) is 6.07 Å². The quantitative estimate of drug-likeness (QED) is 0.790. The number of hydrogen-bond donors (Lipinski definition) is 2. The average Bonchev–Trinajstić information content (AvgIpc) is 2.69.